The molecule has 172 valence electrons. The second-order valence-corrected chi connectivity index (χ2v) is 11.9. The van der Waals surface area contributed by atoms with Gasteiger partial charge in [0.15, 0.2) is 5.82 Å². The van der Waals surface area contributed by atoms with E-state index in [4.69, 9.17) is 15.0 Å². The molecule has 3 aliphatic rings. The molecular formula is C24H29N6O2P. The van der Waals surface area contributed by atoms with Gasteiger partial charge < -0.3 is 9.64 Å². The number of nitrogens with zero attached hydrogens (tertiary/aromatic N) is 6. The average molecular weight is 465 g/mol. The van der Waals surface area contributed by atoms with Gasteiger partial charge in [-0.25, -0.2) is 14.3 Å². The van der Waals surface area contributed by atoms with Gasteiger partial charge in [-0.1, -0.05) is 32.0 Å². The number of rotatable bonds is 3. The summed E-state index contributed by atoms with van der Waals surface area (Å²) in [6, 6.07) is 10.5. The van der Waals surface area contributed by atoms with Crippen LogP contribution in [0.2, 0.25) is 0 Å². The van der Waals surface area contributed by atoms with Gasteiger partial charge >= 0.3 is 0 Å². The second kappa shape index (κ2) is 7.95. The number of aryl methyl sites for hydroxylation is 2. The van der Waals surface area contributed by atoms with E-state index in [2.05, 4.69) is 52.8 Å². The number of aromatic nitrogens is 2. The van der Waals surface area contributed by atoms with Gasteiger partial charge in [0.25, 0.3) is 0 Å². The largest absolute Gasteiger partial charge is 0.379 e. The molecule has 2 aromatic rings. The Morgan fingerprint density at radius 3 is 2.67 bits per heavy atom. The average Bonchev–Trinajstić information content (AvgIpc) is 3.25. The third-order valence-electron chi connectivity index (χ3n) is 6.94. The maximum atomic E-state index is 15.4. The van der Waals surface area contributed by atoms with Crippen molar-refractivity contribution >= 4 is 30.3 Å². The first-order chi connectivity index (χ1) is 15.8. The quantitative estimate of drug-likeness (QED) is 0.644. The number of hydrogen-bond acceptors (Lipinski definition) is 6. The topological polar surface area (TPSA) is 86.8 Å². The maximum absolute atomic E-state index is 15.4. The number of aliphatic imine (C=N–C) groups is 1. The van der Waals surface area contributed by atoms with E-state index in [1.165, 1.54) is 5.56 Å². The van der Waals surface area contributed by atoms with E-state index in [-0.39, 0.29) is 5.41 Å². The van der Waals surface area contributed by atoms with Crippen LogP contribution in [0.4, 0.5) is 11.5 Å². The summed E-state index contributed by atoms with van der Waals surface area (Å²) in [5.74, 6) is 0.609. The van der Waals surface area contributed by atoms with Crippen molar-refractivity contribution in [2.24, 2.45) is 4.99 Å². The Hall–Kier alpha value is -2.72. The molecule has 0 N–H and O–H groups in total. The summed E-state index contributed by atoms with van der Waals surface area (Å²) in [5.41, 5.74) is 3.72. The van der Waals surface area contributed by atoms with Crippen LogP contribution >= 0.6 is 7.29 Å². The third kappa shape index (κ3) is 3.14. The minimum Gasteiger partial charge on any atom is -0.379 e. The van der Waals surface area contributed by atoms with Crippen molar-refractivity contribution in [1.29, 1.82) is 5.26 Å². The summed E-state index contributed by atoms with van der Waals surface area (Å²) in [5, 5.41) is 15.2. The first-order valence-corrected chi connectivity index (χ1v) is 13.0. The number of likely N-dealkylation sites (N-methyl/N-ethyl adjacent to an activating group) is 1. The molecule has 1 aromatic heterocycles. The Morgan fingerprint density at radius 2 is 1.97 bits per heavy atom. The highest BCUT2D eigenvalue weighted by molar-refractivity contribution is 7.75. The van der Waals surface area contributed by atoms with E-state index < -0.39 is 7.29 Å². The molecule has 4 heterocycles. The lowest BCUT2D eigenvalue weighted by atomic mass is 9.84. The van der Waals surface area contributed by atoms with Crippen molar-refractivity contribution in [3.05, 3.63) is 46.5 Å². The first-order valence-electron chi connectivity index (χ1n) is 11.3. The summed E-state index contributed by atoms with van der Waals surface area (Å²) < 4.78 is 24.8. The van der Waals surface area contributed by atoms with E-state index >= 15 is 4.57 Å². The highest BCUT2D eigenvalue weighted by Gasteiger charge is 2.50. The van der Waals surface area contributed by atoms with Crippen molar-refractivity contribution in [1.82, 2.24) is 14.5 Å². The summed E-state index contributed by atoms with van der Waals surface area (Å²) in [6.45, 7) is 8.95. The number of hydrogen-bond donors (Lipinski definition) is 0. The molecule has 8 nitrogen and oxygen atoms in total. The monoisotopic (exact) mass is 464 g/mol. The SMILES string of the molecule is Cc1nn(CCC#N)c2c1P(=O)(N1CCOCC1)C(=C1N(C)c3ccccc3C1(C)C)C=N2. The number of allylic oxidation sites excluding steroid dienone is 2. The fourth-order valence-electron chi connectivity index (χ4n) is 5.46. The smallest absolute Gasteiger partial charge is 0.216 e. The molecule has 0 saturated carbocycles. The highest BCUT2D eigenvalue weighted by Crippen LogP contribution is 2.64. The Balaban J connectivity index is 1.78. The van der Waals surface area contributed by atoms with Crippen molar-refractivity contribution < 1.29 is 9.30 Å². The van der Waals surface area contributed by atoms with Crippen LogP contribution < -0.4 is 10.2 Å². The van der Waals surface area contributed by atoms with Crippen molar-refractivity contribution in [2.75, 3.05) is 38.3 Å². The van der Waals surface area contributed by atoms with E-state index in [0.717, 1.165) is 16.7 Å². The lowest BCUT2D eigenvalue weighted by Crippen LogP contribution is -2.40. The van der Waals surface area contributed by atoms with Gasteiger partial charge in [-0.15, -0.1) is 0 Å². The van der Waals surface area contributed by atoms with Gasteiger partial charge in [-0.2, -0.15) is 10.4 Å². The van der Waals surface area contributed by atoms with Gasteiger partial charge in [0.05, 0.1) is 48.6 Å². The predicted molar refractivity (Wildman–Crippen MR) is 130 cm³/mol. The summed E-state index contributed by atoms with van der Waals surface area (Å²) >= 11 is 0. The fourth-order valence-corrected chi connectivity index (χ4v) is 8.88. The number of benzene rings is 1. The zero-order valence-electron chi connectivity index (χ0n) is 19.6. The molecule has 1 aromatic carbocycles. The van der Waals surface area contributed by atoms with Crippen molar-refractivity contribution in [3.63, 3.8) is 0 Å². The Kier molecular flexibility index (Phi) is 5.32. The molecule has 0 amide bonds. The molecular weight excluding hydrogens is 435 g/mol. The minimum atomic E-state index is -3.26. The third-order valence-corrected chi connectivity index (χ3v) is 10.2. The number of fused-ring (bicyclic) bond motifs is 2. The van der Waals surface area contributed by atoms with Crippen LogP contribution in [0.15, 0.2) is 40.3 Å². The van der Waals surface area contributed by atoms with E-state index in [1.807, 2.05) is 20.0 Å². The molecule has 0 radical (unpaired) electrons. The Bertz CT molecular complexity index is 1260. The molecule has 0 spiro atoms. The van der Waals surface area contributed by atoms with Crippen LogP contribution in [0.25, 0.3) is 0 Å². The lowest BCUT2D eigenvalue weighted by Gasteiger charge is -2.39. The molecule has 1 atom stereocenters. The molecule has 0 aliphatic carbocycles. The zero-order chi connectivity index (χ0) is 23.4. The van der Waals surface area contributed by atoms with Crippen LogP contribution in [0.5, 0.6) is 0 Å². The van der Waals surface area contributed by atoms with Crippen LogP contribution in [-0.2, 0) is 21.3 Å². The van der Waals surface area contributed by atoms with Gasteiger partial charge in [-0.3, -0.25) is 4.57 Å². The number of nitriles is 1. The molecule has 1 unspecified atom stereocenters. The maximum Gasteiger partial charge on any atom is 0.216 e. The van der Waals surface area contributed by atoms with Crippen molar-refractivity contribution in [3.8, 4) is 6.07 Å². The molecule has 33 heavy (non-hydrogen) atoms. The van der Waals surface area contributed by atoms with Gasteiger partial charge in [0, 0.05) is 43.2 Å². The van der Waals surface area contributed by atoms with Gasteiger partial charge in [-0.05, 0) is 18.6 Å². The Labute approximate surface area is 194 Å². The molecule has 1 saturated heterocycles. The fraction of sp³-hybridized carbons (Fsp3) is 0.458. The van der Waals surface area contributed by atoms with Crippen LogP contribution in [0.3, 0.4) is 0 Å². The second-order valence-electron chi connectivity index (χ2n) is 9.22. The van der Waals surface area contributed by atoms with Crippen LogP contribution in [0.1, 0.15) is 31.5 Å². The number of morpholine rings is 1. The lowest BCUT2D eigenvalue weighted by molar-refractivity contribution is 0.0730. The van der Waals surface area contributed by atoms with Gasteiger partial charge in [0.1, 0.15) is 0 Å². The Morgan fingerprint density at radius 1 is 1.24 bits per heavy atom. The van der Waals surface area contributed by atoms with Gasteiger partial charge in [0.2, 0.25) is 7.29 Å². The number of para-hydroxylation sites is 1. The molecule has 5 rings (SSSR count). The van der Waals surface area contributed by atoms with Crippen molar-refractivity contribution in [2.45, 2.75) is 39.2 Å². The van der Waals surface area contributed by atoms with Crippen LogP contribution in [0, 0.1) is 18.3 Å². The summed E-state index contributed by atoms with van der Waals surface area (Å²) in [7, 11) is -1.21. The molecule has 9 heteroatoms. The molecule has 0 bridgehead atoms. The van der Waals surface area contributed by atoms with E-state index in [1.54, 1.807) is 10.9 Å². The first kappa shape index (κ1) is 22.1. The normalized spacial score (nSPS) is 26.2. The van der Waals surface area contributed by atoms with Crippen LogP contribution in [-0.4, -0.2) is 54.0 Å². The number of ether oxygens (including phenoxy) is 1. The highest BCUT2D eigenvalue weighted by atomic mass is 31.2. The zero-order valence-corrected chi connectivity index (χ0v) is 20.5. The molecule has 3 aliphatic heterocycles. The molecule has 1 fully saturated rings. The minimum absolute atomic E-state index is 0.323. The summed E-state index contributed by atoms with van der Waals surface area (Å²) in [4.78, 5) is 6.97. The standard InChI is InChI=1S/C24H29N6O2P/c1-17-21-23(30(27-17)11-7-10-25)26-16-20(33(21,31)29-12-14-32-15-13-29)22-24(2,3)18-8-5-6-9-19(18)28(22)4/h5-6,8-9,16H,7,11-15H2,1-4H3. The number of anilines is 1. The predicted octanol–water partition coefficient (Wildman–Crippen LogP) is 3.70. The summed E-state index contributed by atoms with van der Waals surface area (Å²) in [6.07, 6.45) is 2.12. The van der Waals surface area contributed by atoms with E-state index in [9.17, 15) is 0 Å². The van der Waals surface area contributed by atoms with E-state index in [0.29, 0.717) is 56.1 Å².